The summed E-state index contributed by atoms with van der Waals surface area (Å²) in [4.78, 5) is 11.9. The van der Waals surface area contributed by atoms with Crippen molar-refractivity contribution in [3.8, 4) is 0 Å². The molecule has 0 saturated carbocycles. The predicted molar refractivity (Wildman–Crippen MR) is 82.5 cm³/mol. The highest BCUT2D eigenvalue weighted by Crippen LogP contribution is 2.26. The van der Waals surface area contributed by atoms with Crippen molar-refractivity contribution in [2.75, 3.05) is 19.8 Å². The van der Waals surface area contributed by atoms with E-state index in [4.69, 9.17) is 13.9 Å². The highest BCUT2D eigenvalue weighted by Gasteiger charge is 2.32. The Morgan fingerprint density at radius 3 is 2.59 bits per heavy atom. The van der Waals surface area contributed by atoms with E-state index in [1.54, 1.807) is 0 Å². The molecule has 1 aromatic rings. The van der Waals surface area contributed by atoms with Crippen molar-refractivity contribution in [3.63, 3.8) is 0 Å². The van der Waals surface area contributed by atoms with Crippen LogP contribution in [0.25, 0.3) is 0 Å². The topological polar surface area (TPSA) is 72.7 Å². The first kappa shape index (κ1) is 16.8. The summed E-state index contributed by atoms with van der Waals surface area (Å²) in [6.45, 7) is 9.62. The Kier molecular flexibility index (Phi) is 5.47. The number of nitrogens with one attached hydrogen (secondary N) is 2. The summed E-state index contributed by atoms with van der Waals surface area (Å²) >= 11 is 0. The number of carbonyl (C=O) groups excluding carboxylic acids is 1. The molecule has 2 amide bonds. The van der Waals surface area contributed by atoms with Gasteiger partial charge in [0.15, 0.2) is 5.79 Å². The van der Waals surface area contributed by atoms with Gasteiger partial charge in [-0.1, -0.05) is 6.92 Å². The number of amides is 2. The molecule has 1 aliphatic rings. The Morgan fingerprint density at radius 1 is 1.32 bits per heavy atom. The van der Waals surface area contributed by atoms with Crippen LogP contribution in [0.1, 0.15) is 44.8 Å². The summed E-state index contributed by atoms with van der Waals surface area (Å²) in [7, 11) is 0. The molecular formula is C16H26N2O4. The minimum atomic E-state index is -0.517. The van der Waals surface area contributed by atoms with Crippen molar-refractivity contribution >= 4 is 6.03 Å². The standard InChI is InChI=1S/C16H26N2O4/c1-11(9-16(4)20-7-8-21-16)10-17-15(19)18-13(3)14-6-5-12(2)22-14/h5-6,11,13H,7-10H2,1-4H3,(H2,17,18,19)/t11-,13+/m0/s1. The maximum atomic E-state index is 11.9. The van der Waals surface area contributed by atoms with Crippen LogP contribution in [-0.2, 0) is 9.47 Å². The third-order valence-electron chi connectivity index (χ3n) is 3.76. The Labute approximate surface area is 131 Å². The smallest absolute Gasteiger partial charge is 0.315 e. The van der Waals surface area contributed by atoms with Crippen LogP contribution in [0.3, 0.4) is 0 Å². The van der Waals surface area contributed by atoms with Gasteiger partial charge >= 0.3 is 6.03 Å². The molecule has 1 saturated heterocycles. The van der Waals surface area contributed by atoms with Crippen molar-refractivity contribution < 1.29 is 18.7 Å². The monoisotopic (exact) mass is 310 g/mol. The fourth-order valence-corrected chi connectivity index (χ4v) is 2.65. The van der Waals surface area contributed by atoms with Gasteiger partial charge in [-0.15, -0.1) is 0 Å². The van der Waals surface area contributed by atoms with Crippen LogP contribution in [0.5, 0.6) is 0 Å². The van der Waals surface area contributed by atoms with E-state index in [-0.39, 0.29) is 18.0 Å². The molecule has 0 aromatic carbocycles. The molecule has 0 bridgehead atoms. The summed E-state index contributed by atoms with van der Waals surface area (Å²) in [6, 6.07) is 3.39. The van der Waals surface area contributed by atoms with Gasteiger partial charge in [0, 0.05) is 13.0 Å². The molecule has 0 spiro atoms. The highest BCUT2D eigenvalue weighted by atomic mass is 16.7. The first-order valence-corrected chi connectivity index (χ1v) is 7.76. The van der Waals surface area contributed by atoms with Gasteiger partial charge in [-0.2, -0.15) is 0 Å². The number of hydrogen-bond acceptors (Lipinski definition) is 4. The fraction of sp³-hybridized carbons (Fsp3) is 0.688. The van der Waals surface area contributed by atoms with E-state index in [1.807, 2.05) is 32.9 Å². The minimum absolute atomic E-state index is 0.164. The fourth-order valence-electron chi connectivity index (χ4n) is 2.65. The number of rotatable bonds is 6. The number of hydrogen-bond donors (Lipinski definition) is 2. The molecule has 22 heavy (non-hydrogen) atoms. The number of aryl methyl sites for hydroxylation is 1. The van der Waals surface area contributed by atoms with E-state index >= 15 is 0 Å². The normalized spacial score (nSPS) is 19.6. The zero-order chi connectivity index (χ0) is 16.2. The predicted octanol–water partition coefficient (Wildman–Crippen LogP) is 2.74. The summed E-state index contributed by atoms with van der Waals surface area (Å²) in [5.74, 6) is 1.33. The van der Waals surface area contributed by atoms with Crippen LogP contribution in [0.15, 0.2) is 16.5 Å². The van der Waals surface area contributed by atoms with Gasteiger partial charge in [0.25, 0.3) is 0 Å². The molecule has 1 aromatic heterocycles. The lowest BCUT2D eigenvalue weighted by atomic mass is 10.0. The minimum Gasteiger partial charge on any atom is -0.464 e. The molecule has 2 atom stereocenters. The second-order valence-electron chi connectivity index (χ2n) is 6.16. The Bertz CT molecular complexity index is 494. The summed E-state index contributed by atoms with van der Waals surface area (Å²) in [6.07, 6.45) is 0.750. The van der Waals surface area contributed by atoms with Crippen molar-refractivity contribution in [2.24, 2.45) is 5.92 Å². The molecule has 0 aliphatic carbocycles. The largest absolute Gasteiger partial charge is 0.464 e. The first-order valence-electron chi connectivity index (χ1n) is 7.76. The van der Waals surface area contributed by atoms with Crippen LogP contribution in [0.4, 0.5) is 4.79 Å². The Balaban J connectivity index is 1.70. The molecule has 6 nitrogen and oxygen atoms in total. The molecule has 1 aliphatic heterocycles. The van der Waals surface area contributed by atoms with Crippen LogP contribution >= 0.6 is 0 Å². The van der Waals surface area contributed by atoms with Crippen LogP contribution in [0, 0.1) is 12.8 Å². The third-order valence-corrected chi connectivity index (χ3v) is 3.76. The quantitative estimate of drug-likeness (QED) is 0.847. The zero-order valence-electron chi connectivity index (χ0n) is 13.8. The Hall–Kier alpha value is -1.53. The van der Waals surface area contributed by atoms with E-state index < -0.39 is 5.79 Å². The van der Waals surface area contributed by atoms with Crippen LogP contribution < -0.4 is 10.6 Å². The maximum Gasteiger partial charge on any atom is 0.315 e. The van der Waals surface area contributed by atoms with Crippen molar-refractivity contribution in [1.29, 1.82) is 0 Å². The van der Waals surface area contributed by atoms with Gasteiger partial charge in [-0.05, 0) is 38.8 Å². The zero-order valence-corrected chi connectivity index (χ0v) is 13.8. The molecule has 2 rings (SSSR count). The lowest BCUT2D eigenvalue weighted by molar-refractivity contribution is -0.153. The summed E-state index contributed by atoms with van der Waals surface area (Å²) in [5.41, 5.74) is 0. The SMILES string of the molecule is Cc1ccc([C@@H](C)NC(=O)NC[C@@H](C)CC2(C)OCCO2)o1. The van der Waals surface area contributed by atoms with E-state index in [2.05, 4.69) is 17.6 Å². The first-order chi connectivity index (χ1) is 10.4. The molecule has 6 heteroatoms. The second kappa shape index (κ2) is 7.15. The maximum absolute atomic E-state index is 11.9. The van der Waals surface area contributed by atoms with Gasteiger partial charge in [0.05, 0.1) is 19.3 Å². The molecule has 2 N–H and O–H groups in total. The van der Waals surface area contributed by atoms with Gasteiger partial charge in [-0.25, -0.2) is 4.79 Å². The summed E-state index contributed by atoms with van der Waals surface area (Å²) < 4.78 is 16.7. The molecule has 2 heterocycles. The second-order valence-corrected chi connectivity index (χ2v) is 6.16. The average Bonchev–Trinajstić information content (AvgIpc) is 3.05. The summed E-state index contributed by atoms with van der Waals surface area (Å²) in [5, 5.41) is 5.74. The Morgan fingerprint density at radius 2 is 2.00 bits per heavy atom. The molecule has 124 valence electrons. The lowest BCUT2D eigenvalue weighted by Crippen LogP contribution is -2.40. The van der Waals surface area contributed by atoms with Crippen LogP contribution in [0.2, 0.25) is 0 Å². The number of furan rings is 1. The third kappa shape index (κ3) is 4.74. The average molecular weight is 310 g/mol. The van der Waals surface area contributed by atoms with Crippen molar-refractivity contribution in [2.45, 2.75) is 45.9 Å². The lowest BCUT2D eigenvalue weighted by Gasteiger charge is -2.26. The molecule has 0 unspecified atom stereocenters. The van der Waals surface area contributed by atoms with Gasteiger partial charge < -0.3 is 24.5 Å². The van der Waals surface area contributed by atoms with E-state index in [0.29, 0.717) is 19.8 Å². The van der Waals surface area contributed by atoms with Crippen molar-refractivity contribution in [3.05, 3.63) is 23.7 Å². The number of carbonyl (C=O) groups is 1. The number of urea groups is 1. The van der Waals surface area contributed by atoms with E-state index in [9.17, 15) is 4.79 Å². The van der Waals surface area contributed by atoms with Gasteiger partial charge in [0.2, 0.25) is 0 Å². The molecule has 1 fully saturated rings. The van der Waals surface area contributed by atoms with E-state index in [0.717, 1.165) is 17.9 Å². The highest BCUT2D eigenvalue weighted by molar-refractivity contribution is 5.74. The number of ether oxygens (including phenoxy) is 2. The van der Waals surface area contributed by atoms with Gasteiger partial charge in [0.1, 0.15) is 11.5 Å². The van der Waals surface area contributed by atoms with Crippen LogP contribution in [-0.4, -0.2) is 31.6 Å². The molecular weight excluding hydrogens is 284 g/mol. The van der Waals surface area contributed by atoms with E-state index in [1.165, 1.54) is 0 Å². The van der Waals surface area contributed by atoms with Crippen molar-refractivity contribution in [1.82, 2.24) is 10.6 Å². The van der Waals surface area contributed by atoms with Gasteiger partial charge in [-0.3, -0.25) is 0 Å². The molecule has 0 radical (unpaired) electrons.